The van der Waals surface area contributed by atoms with Crippen LogP contribution in [0, 0.1) is 17.8 Å². The molecule has 1 N–H and O–H groups in total. The Kier molecular flexibility index (Phi) is 9.92. The van der Waals surface area contributed by atoms with Gasteiger partial charge in [0.15, 0.2) is 0 Å². The fraction of sp³-hybridized carbons (Fsp3) is 0.889. The lowest BCUT2D eigenvalue weighted by Crippen LogP contribution is -2.30. The van der Waals surface area contributed by atoms with Gasteiger partial charge < -0.3 is 14.6 Å². The van der Waals surface area contributed by atoms with Crippen LogP contribution in [0.5, 0.6) is 0 Å². The number of hydrogen-bond donors (Lipinski definition) is 1. The van der Waals surface area contributed by atoms with Crippen molar-refractivity contribution >= 4 is 11.9 Å². The second-order valence-electron chi connectivity index (χ2n) is 6.50. The van der Waals surface area contributed by atoms with Gasteiger partial charge in [0.1, 0.15) is 6.61 Å². The highest BCUT2D eigenvalue weighted by molar-refractivity contribution is 5.76. The maximum atomic E-state index is 12.3. The van der Waals surface area contributed by atoms with Gasteiger partial charge >= 0.3 is 11.9 Å². The lowest BCUT2D eigenvalue weighted by atomic mass is 9.81. The van der Waals surface area contributed by atoms with Gasteiger partial charge in [0.2, 0.25) is 0 Å². The molecule has 23 heavy (non-hydrogen) atoms. The molecule has 1 aliphatic carbocycles. The Bertz CT molecular complexity index is 355. The molecule has 0 heterocycles. The van der Waals surface area contributed by atoms with Gasteiger partial charge in [-0.05, 0) is 31.6 Å². The lowest BCUT2D eigenvalue weighted by Gasteiger charge is -2.27. The zero-order valence-electron chi connectivity index (χ0n) is 14.6. The van der Waals surface area contributed by atoms with Crippen molar-refractivity contribution in [2.24, 2.45) is 17.8 Å². The average Bonchev–Trinajstić information content (AvgIpc) is 2.59. The summed E-state index contributed by atoms with van der Waals surface area (Å²) in [5.41, 5.74) is 0. The van der Waals surface area contributed by atoms with E-state index in [1.54, 1.807) is 0 Å². The number of esters is 2. The monoisotopic (exact) mass is 328 g/mol. The van der Waals surface area contributed by atoms with Gasteiger partial charge in [-0.15, -0.1) is 0 Å². The Labute approximate surface area is 139 Å². The van der Waals surface area contributed by atoms with Crippen LogP contribution in [0.25, 0.3) is 0 Å². The van der Waals surface area contributed by atoms with Crippen molar-refractivity contribution in [1.82, 2.24) is 0 Å². The van der Waals surface area contributed by atoms with Gasteiger partial charge in [0.25, 0.3) is 0 Å². The van der Waals surface area contributed by atoms with E-state index in [-0.39, 0.29) is 37.0 Å². The van der Waals surface area contributed by atoms with E-state index in [9.17, 15) is 9.59 Å². The molecule has 0 aliphatic heterocycles. The van der Waals surface area contributed by atoms with Gasteiger partial charge in [-0.25, -0.2) is 0 Å². The van der Waals surface area contributed by atoms with Crippen LogP contribution < -0.4 is 0 Å². The molecule has 0 saturated heterocycles. The molecule has 134 valence electrons. The van der Waals surface area contributed by atoms with E-state index in [1.807, 2.05) is 0 Å². The van der Waals surface area contributed by atoms with Gasteiger partial charge in [-0.2, -0.15) is 0 Å². The molecule has 0 spiro atoms. The first-order valence-corrected chi connectivity index (χ1v) is 9.06. The molecule has 0 radical (unpaired) electrons. The molecule has 1 aliphatic rings. The fourth-order valence-electron chi connectivity index (χ4n) is 3.10. The first-order valence-electron chi connectivity index (χ1n) is 9.06. The van der Waals surface area contributed by atoms with E-state index in [0.717, 1.165) is 44.9 Å². The second kappa shape index (κ2) is 11.4. The number of carbonyl (C=O) groups is 2. The van der Waals surface area contributed by atoms with Crippen LogP contribution in [-0.2, 0) is 19.1 Å². The zero-order chi connectivity index (χ0) is 17.1. The minimum atomic E-state index is -0.300. The first-order chi connectivity index (χ1) is 11.1. The van der Waals surface area contributed by atoms with E-state index in [2.05, 4.69) is 13.8 Å². The first kappa shape index (κ1) is 19.9. The summed E-state index contributed by atoms with van der Waals surface area (Å²) in [5.74, 6) is -0.465. The maximum absolute atomic E-state index is 12.3. The summed E-state index contributed by atoms with van der Waals surface area (Å²) in [6.45, 7) is 4.64. The van der Waals surface area contributed by atoms with Crippen molar-refractivity contribution < 1.29 is 24.2 Å². The van der Waals surface area contributed by atoms with Crippen molar-refractivity contribution in [3.8, 4) is 0 Å². The third-order valence-electron chi connectivity index (χ3n) is 4.68. The van der Waals surface area contributed by atoms with Crippen molar-refractivity contribution in [1.29, 1.82) is 0 Å². The van der Waals surface area contributed by atoms with Gasteiger partial charge in [-0.3, -0.25) is 9.59 Å². The molecule has 0 amide bonds. The average molecular weight is 328 g/mol. The third-order valence-corrected chi connectivity index (χ3v) is 4.68. The lowest BCUT2D eigenvalue weighted by molar-refractivity contribution is -0.156. The summed E-state index contributed by atoms with van der Waals surface area (Å²) in [6, 6.07) is 0. The second-order valence-corrected chi connectivity index (χ2v) is 6.50. The van der Waals surface area contributed by atoms with E-state index in [0.29, 0.717) is 18.9 Å². The molecule has 5 nitrogen and oxygen atoms in total. The van der Waals surface area contributed by atoms with Crippen LogP contribution in [0.4, 0.5) is 0 Å². The molecule has 0 aromatic rings. The number of hydrogen-bond acceptors (Lipinski definition) is 5. The van der Waals surface area contributed by atoms with Crippen LogP contribution in [-0.4, -0.2) is 36.9 Å². The normalized spacial score (nSPS) is 22.4. The smallest absolute Gasteiger partial charge is 0.309 e. The highest BCUT2D eigenvalue weighted by atomic mass is 16.5. The number of rotatable bonds is 10. The van der Waals surface area contributed by atoms with E-state index >= 15 is 0 Å². The molecular weight excluding hydrogens is 296 g/mol. The maximum Gasteiger partial charge on any atom is 0.309 e. The standard InChI is InChI=1S/C18H32O5/c1-3-5-7-14(4-2)13-23-18(21)16-9-6-8-15(12-16)17(20)22-11-10-19/h14-16,19H,3-13H2,1-2H3. The van der Waals surface area contributed by atoms with Crippen LogP contribution >= 0.6 is 0 Å². The van der Waals surface area contributed by atoms with Crippen molar-refractivity contribution in [3.05, 3.63) is 0 Å². The van der Waals surface area contributed by atoms with Gasteiger partial charge in [0.05, 0.1) is 25.0 Å². The molecule has 0 aromatic heterocycles. The molecule has 0 aromatic carbocycles. The highest BCUT2D eigenvalue weighted by Crippen LogP contribution is 2.31. The summed E-state index contributed by atoms with van der Waals surface area (Å²) in [6.07, 6.45) is 7.33. The van der Waals surface area contributed by atoms with E-state index in [4.69, 9.17) is 14.6 Å². The molecule has 0 bridgehead atoms. The molecule has 1 saturated carbocycles. The summed E-state index contributed by atoms with van der Waals surface area (Å²) in [4.78, 5) is 24.1. The molecule has 5 heteroatoms. The summed E-state index contributed by atoms with van der Waals surface area (Å²) in [7, 11) is 0. The summed E-state index contributed by atoms with van der Waals surface area (Å²) in [5, 5.41) is 8.71. The number of aliphatic hydroxyl groups is 1. The number of carbonyl (C=O) groups excluding carboxylic acids is 2. The summed E-state index contributed by atoms with van der Waals surface area (Å²) < 4.78 is 10.5. The number of ether oxygens (including phenoxy) is 2. The zero-order valence-corrected chi connectivity index (χ0v) is 14.6. The third kappa shape index (κ3) is 7.34. The fourth-order valence-corrected chi connectivity index (χ4v) is 3.10. The molecular formula is C18H32O5. The highest BCUT2D eigenvalue weighted by Gasteiger charge is 2.33. The van der Waals surface area contributed by atoms with Crippen molar-refractivity contribution in [2.45, 2.75) is 65.2 Å². The van der Waals surface area contributed by atoms with Crippen LogP contribution in [0.1, 0.15) is 65.2 Å². The largest absolute Gasteiger partial charge is 0.465 e. The minimum Gasteiger partial charge on any atom is -0.465 e. The summed E-state index contributed by atoms with van der Waals surface area (Å²) >= 11 is 0. The van der Waals surface area contributed by atoms with Crippen LogP contribution in [0.3, 0.4) is 0 Å². The predicted octanol–water partition coefficient (Wildman–Crippen LogP) is 3.09. The molecule has 1 fully saturated rings. The van der Waals surface area contributed by atoms with Gasteiger partial charge in [-0.1, -0.05) is 39.5 Å². The number of aliphatic hydroxyl groups excluding tert-OH is 1. The Hall–Kier alpha value is -1.10. The Balaban J connectivity index is 2.38. The SMILES string of the molecule is CCCCC(CC)COC(=O)C1CCCC(C(=O)OCCO)C1. The predicted molar refractivity (Wildman–Crippen MR) is 87.8 cm³/mol. The van der Waals surface area contributed by atoms with E-state index in [1.165, 1.54) is 0 Å². The topological polar surface area (TPSA) is 72.8 Å². The van der Waals surface area contributed by atoms with Crippen molar-refractivity contribution in [2.75, 3.05) is 19.8 Å². The van der Waals surface area contributed by atoms with Crippen molar-refractivity contribution in [3.63, 3.8) is 0 Å². The quantitative estimate of drug-likeness (QED) is 0.624. The van der Waals surface area contributed by atoms with Crippen LogP contribution in [0.2, 0.25) is 0 Å². The Morgan fingerprint density at radius 1 is 1.13 bits per heavy atom. The van der Waals surface area contributed by atoms with Gasteiger partial charge in [0, 0.05) is 0 Å². The minimum absolute atomic E-state index is 0.0278. The number of unbranched alkanes of at least 4 members (excludes halogenated alkanes) is 1. The molecule has 3 atom stereocenters. The molecule has 1 rings (SSSR count). The molecule has 3 unspecified atom stereocenters. The van der Waals surface area contributed by atoms with E-state index < -0.39 is 0 Å². The Morgan fingerprint density at radius 2 is 1.78 bits per heavy atom. The Morgan fingerprint density at radius 3 is 2.35 bits per heavy atom. The van der Waals surface area contributed by atoms with Crippen LogP contribution in [0.15, 0.2) is 0 Å².